The van der Waals surface area contributed by atoms with E-state index >= 15 is 0 Å². The second-order valence-electron chi connectivity index (χ2n) is 4.71. The minimum absolute atomic E-state index is 0.191. The number of hydrogen-bond acceptors (Lipinski definition) is 5. The van der Waals surface area contributed by atoms with Crippen molar-refractivity contribution in [2.24, 2.45) is 0 Å². The highest BCUT2D eigenvalue weighted by molar-refractivity contribution is 9.10. The van der Waals surface area contributed by atoms with Gasteiger partial charge in [-0.3, -0.25) is 0 Å². The third-order valence-electron chi connectivity index (χ3n) is 3.08. The van der Waals surface area contributed by atoms with Crippen molar-refractivity contribution in [1.29, 1.82) is 0 Å². The molecule has 0 spiro atoms. The van der Waals surface area contributed by atoms with E-state index in [2.05, 4.69) is 40.1 Å². The number of ether oxygens (including phenoxy) is 1. The number of nitrogens with zero attached hydrogens (tertiary/aromatic N) is 1. The smallest absolute Gasteiger partial charge is 0.337 e. The minimum atomic E-state index is -0.332. The molecule has 0 bridgehead atoms. The van der Waals surface area contributed by atoms with E-state index in [4.69, 9.17) is 4.74 Å². The molecule has 21 heavy (non-hydrogen) atoms. The van der Waals surface area contributed by atoms with Crippen LogP contribution in [0.2, 0.25) is 0 Å². The number of hydrogen-bond donors (Lipinski definition) is 1. The van der Waals surface area contributed by atoms with Crippen molar-refractivity contribution < 1.29 is 9.53 Å². The lowest BCUT2D eigenvalue weighted by Crippen LogP contribution is -2.18. The highest BCUT2D eigenvalue weighted by atomic mass is 79.9. The maximum Gasteiger partial charge on any atom is 0.337 e. The molecule has 0 amide bonds. The van der Waals surface area contributed by atoms with E-state index in [1.165, 1.54) is 12.0 Å². The van der Waals surface area contributed by atoms with Crippen LogP contribution >= 0.6 is 27.3 Å². The van der Waals surface area contributed by atoms with E-state index < -0.39 is 0 Å². The molecule has 1 N–H and O–H groups in total. The third kappa shape index (κ3) is 4.12. The number of halogens is 1. The molecule has 0 saturated carbocycles. The number of esters is 1. The zero-order valence-corrected chi connectivity index (χ0v) is 14.5. The first-order valence-electron chi connectivity index (χ1n) is 6.53. The Balaban J connectivity index is 2.01. The lowest BCUT2D eigenvalue weighted by molar-refractivity contribution is 0.0600. The predicted octanol–water partition coefficient (Wildman–Crippen LogP) is 3.85. The number of methoxy groups -OCH3 is 1. The Morgan fingerprint density at radius 1 is 1.52 bits per heavy atom. The van der Waals surface area contributed by atoms with Gasteiger partial charge in [0, 0.05) is 22.1 Å². The summed E-state index contributed by atoms with van der Waals surface area (Å²) in [6.45, 7) is 4.84. The zero-order chi connectivity index (χ0) is 15.4. The van der Waals surface area contributed by atoms with E-state index in [0.717, 1.165) is 15.0 Å². The first-order valence-corrected chi connectivity index (χ1v) is 8.14. The van der Waals surface area contributed by atoms with Crippen LogP contribution in [0.15, 0.2) is 28.9 Å². The molecule has 6 heteroatoms. The van der Waals surface area contributed by atoms with Crippen LogP contribution in [0.4, 0.5) is 0 Å². The summed E-state index contributed by atoms with van der Waals surface area (Å²) in [4.78, 5) is 17.1. The third-order valence-corrected chi connectivity index (χ3v) is 4.92. The number of aryl methyl sites for hydroxylation is 1. The normalized spacial score (nSPS) is 12.2. The highest BCUT2D eigenvalue weighted by Crippen LogP contribution is 2.22. The van der Waals surface area contributed by atoms with Crippen LogP contribution in [-0.4, -0.2) is 18.1 Å². The molecule has 1 unspecified atom stereocenters. The second kappa shape index (κ2) is 7.15. The molecular weight excluding hydrogens is 352 g/mol. The minimum Gasteiger partial charge on any atom is -0.465 e. The summed E-state index contributed by atoms with van der Waals surface area (Å²) in [5.41, 5.74) is 1.62. The summed E-state index contributed by atoms with van der Waals surface area (Å²) in [6.07, 6.45) is 1.89. The average Bonchev–Trinajstić information content (AvgIpc) is 2.91. The van der Waals surface area contributed by atoms with Crippen molar-refractivity contribution in [2.45, 2.75) is 26.4 Å². The molecule has 0 radical (unpaired) electrons. The quantitative estimate of drug-likeness (QED) is 0.814. The number of rotatable bonds is 5. The summed E-state index contributed by atoms with van der Waals surface area (Å²) in [5, 5.41) is 4.51. The number of benzene rings is 1. The molecule has 2 aromatic rings. The zero-order valence-electron chi connectivity index (χ0n) is 12.1. The summed E-state index contributed by atoms with van der Waals surface area (Å²) < 4.78 is 5.60. The monoisotopic (exact) mass is 368 g/mol. The molecule has 0 aliphatic rings. The van der Waals surface area contributed by atoms with Crippen LogP contribution in [0.3, 0.4) is 0 Å². The van der Waals surface area contributed by atoms with E-state index in [-0.39, 0.29) is 12.0 Å². The largest absolute Gasteiger partial charge is 0.465 e. The van der Waals surface area contributed by atoms with Gasteiger partial charge in [0.1, 0.15) is 5.01 Å². The van der Waals surface area contributed by atoms with Gasteiger partial charge < -0.3 is 10.1 Å². The van der Waals surface area contributed by atoms with Crippen molar-refractivity contribution in [2.75, 3.05) is 7.11 Å². The summed E-state index contributed by atoms with van der Waals surface area (Å²) >= 11 is 5.19. The predicted molar refractivity (Wildman–Crippen MR) is 87.6 cm³/mol. The van der Waals surface area contributed by atoms with Crippen molar-refractivity contribution in [3.63, 3.8) is 0 Å². The molecule has 0 aliphatic carbocycles. The summed E-state index contributed by atoms with van der Waals surface area (Å²) in [5.74, 6) is -0.332. The van der Waals surface area contributed by atoms with Gasteiger partial charge in [0.15, 0.2) is 0 Å². The van der Waals surface area contributed by atoms with Crippen LogP contribution in [0.1, 0.15) is 38.8 Å². The molecule has 4 nitrogen and oxygen atoms in total. The lowest BCUT2D eigenvalue weighted by atomic mass is 10.1. The second-order valence-corrected chi connectivity index (χ2v) is 6.83. The van der Waals surface area contributed by atoms with Gasteiger partial charge >= 0.3 is 5.97 Å². The topological polar surface area (TPSA) is 51.2 Å². The number of carbonyl (C=O) groups excluding carboxylic acids is 1. The van der Waals surface area contributed by atoms with Gasteiger partial charge in [-0.05, 0) is 31.5 Å². The van der Waals surface area contributed by atoms with Crippen molar-refractivity contribution in [1.82, 2.24) is 10.3 Å². The first kappa shape index (κ1) is 16.1. The highest BCUT2D eigenvalue weighted by Gasteiger charge is 2.11. The van der Waals surface area contributed by atoms with Gasteiger partial charge in [-0.2, -0.15) is 0 Å². The van der Waals surface area contributed by atoms with E-state index in [0.29, 0.717) is 12.1 Å². The van der Waals surface area contributed by atoms with Crippen LogP contribution < -0.4 is 5.32 Å². The molecule has 112 valence electrons. The Hall–Kier alpha value is -1.24. The van der Waals surface area contributed by atoms with Crippen LogP contribution in [0.25, 0.3) is 0 Å². The van der Waals surface area contributed by atoms with Gasteiger partial charge in [-0.15, -0.1) is 11.3 Å². The van der Waals surface area contributed by atoms with E-state index in [1.54, 1.807) is 23.5 Å². The first-order chi connectivity index (χ1) is 10.0. The van der Waals surface area contributed by atoms with Crippen LogP contribution in [0, 0.1) is 6.92 Å². The van der Waals surface area contributed by atoms with Gasteiger partial charge in [0.05, 0.1) is 18.7 Å². The SMILES string of the molecule is COC(=O)c1ccc(CNC(C)c2ncc(C)s2)c(Br)c1. The Bertz CT molecular complexity index is 642. The molecular formula is C15H17BrN2O2S. The fraction of sp³-hybridized carbons (Fsp3) is 0.333. The van der Waals surface area contributed by atoms with Crippen molar-refractivity contribution in [3.8, 4) is 0 Å². The standard InChI is InChI=1S/C15H17BrN2O2S/c1-9-7-18-14(21-9)10(2)17-8-12-5-4-11(6-13(12)16)15(19)20-3/h4-7,10,17H,8H2,1-3H3. The Morgan fingerprint density at radius 2 is 2.29 bits per heavy atom. The van der Waals surface area contributed by atoms with Gasteiger partial charge in [-0.25, -0.2) is 9.78 Å². The van der Waals surface area contributed by atoms with E-state index in [1.807, 2.05) is 12.3 Å². The number of aromatic nitrogens is 1. The molecule has 1 heterocycles. The molecule has 2 rings (SSSR count). The Labute approximate surface area is 136 Å². The fourth-order valence-corrected chi connectivity index (χ4v) is 3.18. The van der Waals surface area contributed by atoms with Crippen LogP contribution in [0.5, 0.6) is 0 Å². The van der Waals surface area contributed by atoms with Gasteiger partial charge in [0.2, 0.25) is 0 Å². The molecule has 1 aromatic carbocycles. The molecule has 0 fully saturated rings. The van der Waals surface area contributed by atoms with Crippen molar-refractivity contribution in [3.05, 3.63) is 49.9 Å². The maximum absolute atomic E-state index is 11.5. The summed E-state index contributed by atoms with van der Waals surface area (Å²) in [6, 6.07) is 5.66. The van der Waals surface area contributed by atoms with Crippen LogP contribution in [-0.2, 0) is 11.3 Å². The molecule has 0 aliphatic heterocycles. The Kier molecular flexibility index (Phi) is 5.50. The number of carbonyl (C=O) groups is 1. The van der Waals surface area contributed by atoms with Gasteiger partial charge in [0.25, 0.3) is 0 Å². The molecule has 1 aromatic heterocycles. The summed E-state index contributed by atoms with van der Waals surface area (Å²) in [7, 11) is 1.38. The number of nitrogens with one attached hydrogen (secondary N) is 1. The molecule has 1 atom stereocenters. The van der Waals surface area contributed by atoms with E-state index in [9.17, 15) is 4.79 Å². The number of thiazole rings is 1. The maximum atomic E-state index is 11.5. The average molecular weight is 369 g/mol. The Morgan fingerprint density at radius 3 is 2.86 bits per heavy atom. The fourth-order valence-electron chi connectivity index (χ4n) is 1.86. The van der Waals surface area contributed by atoms with Crippen molar-refractivity contribution >= 4 is 33.2 Å². The lowest BCUT2D eigenvalue weighted by Gasteiger charge is -2.12. The molecule has 0 saturated heterocycles. The van der Waals surface area contributed by atoms with Gasteiger partial charge in [-0.1, -0.05) is 22.0 Å².